The van der Waals surface area contributed by atoms with Gasteiger partial charge in [-0.15, -0.1) is 0 Å². The van der Waals surface area contributed by atoms with E-state index in [0.29, 0.717) is 6.04 Å². The first-order chi connectivity index (χ1) is 8.20. The molecule has 0 aliphatic carbocycles. The van der Waals surface area contributed by atoms with E-state index in [2.05, 4.69) is 24.0 Å². The van der Waals surface area contributed by atoms with Gasteiger partial charge in [0.1, 0.15) is 0 Å². The smallest absolute Gasteiger partial charge is 0.0424 e. The quantitative estimate of drug-likeness (QED) is 0.754. The number of hydrogen-bond acceptors (Lipinski definition) is 1. The van der Waals surface area contributed by atoms with Crippen molar-refractivity contribution < 1.29 is 0 Å². The topological polar surface area (TPSA) is 3.24 Å². The van der Waals surface area contributed by atoms with Crippen molar-refractivity contribution in [2.24, 2.45) is 0 Å². The minimum absolute atomic E-state index is 0.464. The molecule has 1 nitrogen and oxygen atoms in total. The van der Waals surface area contributed by atoms with Crippen molar-refractivity contribution in [3.05, 3.63) is 33.8 Å². The summed E-state index contributed by atoms with van der Waals surface area (Å²) in [5.74, 6) is 0. The normalized spacial score (nSPS) is 19.2. The summed E-state index contributed by atoms with van der Waals surface area (Å²) in [5.41, 5.74) is 1.26. The van der Waals surface area contributed by atoms with Crippen LogP contribution >= 0.6 is 23.2 Å². The zero-order chi connectivity index (χ0) is 12.3. The minimum Gasteiger partial charge on any atom is -0.296 e. The Morgan fingerprint density at radius 1 is 1.06 bits per heavy atom. The molecule has 1 saturated heterocycles. The molecule has 0 bridgehead atoms. The molecule has 0 radical (unpaired) electrons. The van der Waals surface area contributed by atoms with E-state index in [9.17, 15) is 0 Å². The van der Waals surface area contributed by atoms with E-state index in [4.69, 9.17) is 23.2 Å². The van der Waals surface area contributed by atoms with E-state index in [1.54, 1.807) is 6.07 Å². The van der Waals surface area contributed by atoms with Crippen LogP contribution in [-0.2, 0) is 0 Å². The van der Waals surface area contributed by atoms with E-state index in [-0.39, 0.29) is 0 Å². The zero-order valence-electron chi connectivity index (χ0n) is 10.3. The molecular weight excluding hydrogens is 253 g/mol. The monoisotopic (exact) mass is 271 g/mol. The average molecular weight is 272 g/mol. The Bertz CT molecular complexity index is 352. The van der Waals surface area contributed by atoms with Gasteiger partial charge in [-0.1, -0.05) is 36.5 Å². The van der Waals surface area contributed by atoms with Gasteiger partial charge in [-0.05, 0) is 56.1 Å². The summed E-state index contributed by atoms with van der Waals surface area (Å²) in [6, 6.07) is 6.37. The second-order valence-corrected chi connectivity index (χ2v) is 5.60. The van der Waals surface area contributed by atoms with E-state index in [1.165, 1.54) is 37.9 Å². The maximum absolute atomic E-state index is 6.09. The molecule has 0 amide bonds. The third kappa shape index (κ3) is 3.37. The summed E-state index contributed by atoms with van der Waals surface area (Å²) in [4.78, 5) is 2.56. The molecule has 1 heterocycles. The highest BCUT2D eigenvalue weighted by Crippen LogP contribution is 2.31. The predicted molar refractivity (Wildman–Crippen MR) is 74.9 cm³/mol. The van der Waals surface area contributed by atoms with Crippen LogP contribution in [0.1, 0.15) is 44.2 Å². The van der Waals surface area contributed by atoms with Crippen molar-refractivity contribution in [3.8, 4) is 0 Å². The van der Waals surface area contributed by atoms with Crippen LogP contribution in [0.5, 0.6) is 0 Å². The molecule has 0 N–H and O–H groups in total. The van der Waals surface area contributed by atoms with Crippen molar-refractivity contribution in [2.45, 2.75) is 38.6 Å². The van der Waals surface area contributed by atoms with Gasteiger partial charge in [0.05, 0.1) is 0 Å². The number of halogens is 2. The molecule has 1 aliphatic rings. The first-order valence-corrected chi connectivity index (χ1v) is 7.16. The van der Waals surface area contributed by atoms with Gasteiger partial charge in [0.2, 0.25) is 0 Å². The fourth-order valence-corrected chi connectivity index (χ4v) is 3.25. The summed E-state index contributed by atoms with van der Waals surface area (Å²) >= 11 is 12.2. The third-order valence-electron chi connectivity index (χ3n) is 3.49. The summed E-state index contributed by atoms with van der Waals surface area (Å²) in [6.45, 7) is 4.62. The van der Waals surface area contributed by atoms with E-state index in [0.717, 1.165) is 16.5 Å². The molecule has 1 fully saturated rings. The third-order valence-corrected chi connectivity index (χ3v) is 3.92. The Balaban J connectivity index is 2.21. The summed E-state index contributed by atoms with van der Waals surface area (Å²) < 4.78 is 0. The lowest BCUT2D eigenvalue weighted by molar-refractivity contribution is 0.159. The lowest BCUT2D eigenvalue weighted by Gasteiger charge is -2.34. The minimum atomic E-state index is 0.464. The Hall–Kier alpha value is -0.240. The standard InChI is InChI=1S/C14H19Cl2N/c1-2-14(17-6-4-3-5-7-17)11-8-12(15)10-13(16)9-11/h8-10,14H,2-7H2,1H3. The molecule has 1 aromatic rings. The Morgan fingerprint density at radius 2 is 1.65 bits per heavy atom. The highest BCUT2D eigenvalue weighted by Gasteiger charge is 2.21. The first-order valence-electron chi connectivity index (χ1n) is 6.40. The second kappa shape index (κ2) is 6.08. The maximum atomic E-state index is 6.09. The highest BCUT2D eigenvalue weighted by molar-refractivity contribution is 6.34. The van der Waals surface area contributed by atoms with Crippen LogP contribution < -0.4 is 0 Å². The van der Waals surface area contributed by atoms with Gasteiger partial charge in [0.25, 0.3) is 0 Å². The molecule has 2 rings (SSSR count). The molecule has 0 saturated carbocycles. The molecule has 1 aromatic carbocycles. The van der Waals surface area contributed by atoms with Crippen LogP contribution in [0.4, 0.5) is 0 Å². The zero-order valence-corrected chi connectivity index (χ0v) is 11.8. The van der Waals surface area contributed by atoms with Crippen LogP contribution in [0, 0.1) is 0 Å². The maximum Gasteiger partial charge on any atom is 0.0424 e. The van der Waals surface area contributed by atoms with E-state index < -0.39 is 0 Å². The van der Waals surface area contributed by atoms with Crippen molar-refractivity contribution in [1.82, 2.24) is 4.90 Å². The lowest BCUT2D eigenvalue weighted by atomic mass is 10.00. The summed E-state index contributed by atoms with van der Waals surface area (Å²) in [5, 5.41) is 1.48. The SMILES string of the molecule is CCC(c1cc(Cl)cc(Cl)c1)N1CCCCC1. The fourth-order valence-electron chi connectivity index (χ4n) is 2.70. The van der Waals surface area contributed by atoms with Gasteiger partial charge in [-0.2, -0.15) is 0 Å². The predicted octanol–water partition coefficient (Wildman–Crippen LogP) is 4.93. The van der Waals surface area contributed by atoms with Crippen molar-refractivity contribution in [2.75, 3.05) is 13.1 Å². The highest BCUT2D eigenvalue weighted by atomic mass is 35.5. The van der Waals surface area contributed by atoms with Crippen LogP contribution in [-0.4, -0.2) is 18.0 Å². The van der Waals surface area contributed by atoms with Gasteiger partial charge in [0.15, 0.2) is 0 Å². The number of nitrogens with zero attached hydrogens (tertiary/aromatic N) is 1. The molecular formula is C14H19Cl2N. The van der Waals surface area contributed by atoms with Gasteiger partial charge in [0, 0.05) is 16.1 Å². The average Bonchev–Trinajstić information content (AvgIpc) is 2.30. The molecule has 94 valence electrons. The largest absolute Gasteiger partial charge is 0.296 e. The van der Waals surface area contributed by atoms with Gasteiger partial charge < -0.3 is 0 Å². The van der Waals surface area contributed by atoms with Crippen molar-refractivity contribution >= 4 is 23.2 Å². The molecule has 3 heteroatoms. The Morgan fingerprint density at radius 3 is 2.18 bits per heavy atom. The molecule has 1 aliphatic heterocycles. The van der Waals surface area contributed by atoms with Crippen LogP contribution in [0.2, 0.25) is 10.0 Å². The van der Waals surface area contributed by atoms with Crippen molar-refractivity contribution in [3.63, 3.8) is 0 Å². The van der Waals surface area contributed by atoms with E-state index in [1.807, 2.05) is 0 Å². The molecule has 0 aromatic heterocycles. The molecule has 0 spiro atoms. The van der Waals surface area contributed by atoms with Gasteiger partial charge >= 0.3 is 0 Å². The molecule has 1 atom stereocenters. The molecule has 1 unspecified atom stereocenters. The number of rotatable bonds is 3. The number of benzene rings is 1. The van der Waals surface area contributed by atoms with Gasteiger partial charge in [-0.3, -0.25) is 4.90 Å². The molecule has 17 heavy (non-hydrogen) atoms. The Kier molecular flexibility index (Phi) is 4.72. The summed E-state index contributed by atoms with van der Waals surface area (Å²) in [6.07, 6.45) is 5.09. The van der Waals surface area contributed by atoms with E-state index >= 15 is 0 Å². The van der Waals surface area contributed by atoms with Crippen LogP contribution in [0.25, 0.3) is 0 Å². The first kappa shape index (κ1) is 13.2. The Labute approximate surface area is 114 Å². The second-order valence-electron chi connectivity index (χ2n) is 4.72. The van der Waals surface area contributed by atoms with Crippen LogP contribution in [0.15, 0.2) is 18.2 Å². The number of piperidine rings is 1. The number of likely N-dealkylation sites (tertiary alicyclic amines) is 1. The van der Waals surface area contributed by atoms with Crippen molar-refractivity contribution in [1.29, 1.82) is 0 Å². The fraction of sp³-hybridized carbons (Fsp3) is 0.571. The number of hydrogen-bond donors (Lipinski definition) is 0. The van der Waals surface area contributed by atoms with Crippen LogP contribution in [0.3, 0.4) is 0 Å². The van der Waals surface area contributed by atoms with Gasteiger partial charge in [-0.25, -0.2) is 0 Å². The lowest BCUT2D eigenvalue weighted by Crippen LogP contribution is -2.33. The summed E-state index contributed by atoms with van der Waals surface area (Å²) in [7, 11) is 0.